The first-order chi connectivity index (χ1) is 6.74. The van der Waals surface area contributed by atoms with Gasteiger partial charge in [0.25, 0.3) is 0 Å². The fourth-order valence-electron chi connectivity index (χ4n) is 1.97. The monoisotopic (exact) mass is 255 g/mol. The van der Waals surface area contributed by atoms with Crippen molar-refractivity contribution in [2.75, 3.05) is 6.54 Å². The van der Waals surface area contributed by atoms with Crippen LogP contribution in [0.2, 0.25) is 0 Å². The lowest BCUT2D eigenvalue weighted by Gasteiger charge is -2.10. The average molecular weight is 256 g/mol. The van der Waals surface area contributed by atoms with Crippen molar-refractivity contribution in [1.29, 1.82) is 0 Å². The van der Waals surface area contributed by atoms with Gasteiger partial charge in [0.2, 0.25) is 0 Å². The van der Waals surface area contributed by atoms with Crippen molar-refractivity contribution < 1.29 is 5.11 Å². The SMILES string of the molecule is Oc1cc(Br)cc(CC2CCCN2)c1. The molecule has 0 aromatic heterocycles. The summed E-state index contributed by atoms with van der Waals surface area (Å²) in [6.07, 6.45) is 3.52. The summed E-state index contributed by atoms with van der Waals surface area (Å²) in [6, 6.07) is 6.21. The first-order valence-corrected chi connectivity index (χ1v) is 5.75. The second kappa shape index (κ2) is 4.32. The molecule has 0 amide bonds. The van der Waals surface area contributed by atoms with Gasteiger partial charge in [-0.05, 0) is 49.6 Å². The van der Waals surface area contributed by atoms with Crippen LogP contribution in [0.3, 0.4) is 0 Å². The van der Waals surface area contributed by atoms with Crippen molar-refractivity contribution >= 4 is 15.9 Å². The summed E-state index contributed by atoms with van der Waals surface area (Å²) >= 11 is 3.38. The fraction of sp³-hybridized carbons (Fsp3) is 0.455. The van der Waals surface area contributed by atoms with Crippen LogP contribution in [-0.4, -0.2) is 17.7 Å². The summed E-state index contributed by atoms with van der Waals surface area (Å²) in [5, 5.41) is 12.9. The highest BCUT2D eigenvalue weighted by molar-refractivity contribution is 9.10. The normalized spacial score (nSPS) is 21.4. The number of nitrogens with one attached hydrogen (secondary N) is 1. The van der Waals surface area contributed by atoms with Crippen molar-refractivity contribution in [3.05, 3.63) is 28.2 Å². The van der Waals surface area contributed by atoms with Gasteiger partial charge in [0, 0.05) is 10.5 Å². The first kappa shape index (κ1) is 9.99. The maximum atomic E-state index is 9.42. The van der Waals surface area contributed by atoms with Gasteiger partial charge in [-0.3, -0.25) is 0 Å². The summed E-state index contributed by atoms with van der Waals surface area (Å²) in [4.78, 5) is 0. The fourth-order valence-corrected chi connectivity index (χ4v) is 2.50. The van der Waals surface area contributed by atoms with Gasteiger partial charge >= 0.3 is 0 Å². The molecular formula is C11H14BrNO. The Morgan fingerprint density at radius 2 is 2.29 bits per heavy atom. The molecule has 1 atom stereocenters. The van der Waals surface area contributed by atoms with Gasteiger partial charge in [-0.2, -0.15) is 0 Å². The molecule has 1 aliphatic heterocycles. The lowest BCUT2D eigenvalue weighted by atomic mass is 10.0. The minimum atomic E-state index is 0.340. The molecule has 76 valence electrons. The maximum absolute atomic E-state index is 9.42. The summed E-state index contributed by atoms with van der Waals surface area (Å²) in [6.45, 7) is 1.13. The van der Waals surface area contributed by atoms with Crippen molar-refractivity contribution in [3.63, 3.8) is 0 Å². The Kier molecular flexibility index (Phi) is 3.08. The number of hydrogen-bond acceptors (Lipinski definition) is 2. The summed E-state index contributed by atoms with van der Waals surface area (Å²) in [5.41, 5.74) is 1.19. The van der Waals surface area contributed by atoms with Gasteiger partial charge in [-0.15, -0.1) is 0 Å². The molecule has 2 N–H and O–H groups in total. The van der Waals surface area contributed by atoms with Crippen molar-refractivity contribution in [2.24, 2.45) is 0 Å². The molecule has 1 unspecified atom stereocenters. The van der Waals surface area contributed by atoms with Crippen molar-refractivity contribution in [1.82, 2.24) is 5.32 Å². The Labute approximate surface area is 92.5 Å². The number of rotatable bonds is 2. The number of hydrogen-bond donors (Lipinski definition) is 2. The number of benzene rings is 1. The molecule has 0 radical (unpaired) electrons. The molecule has 1 saturated heterocycles. The van der Waals surface area contributed by atoms with Crippen LogP contribution < -0.4 is 5.32 Å². The Balaban J connectivity index is 2.07. The van der Waals surface area contributed by atoms with Crippen LogP contribution in [0.5, 0.6) is 5.75 Å². The van der Waals surface area contributed by atoms with E-state index in [1.54, 1.807) is 6.07 Å². The zero-order valence-electron chi connectivity index (χ0n) is 7.96. The minimum absolute atomic E-state index is 0.340. The van der Waals surface area contributed by atoms with E-state index in [-0.39, 0.29) is 0 Å². The zero-order valence-corrected chi connectivity index (χ0v) is 9.55. The molecule has 14 heavy (non-hydrogen) atoms. The predicted octanol–water partition coefficient (Wildman–Crippen LogP) is 2.45. The summed E-state index contributed by atoms with van der Waals surface area (Å²) in [5.74, 6) is 0.340. The average Bonchev–Trinajstić information content (AvgIpc) is 2.54. The molecule has 0 saturated carbocycles. The topological polar surface area (TPSA) is 32.3 Å². The van der Waals surface area contributed by atoms with Crippen LogP contribution in [0, 0.1) is 0 Å². The molecule has 0 spiro atoms. The van der Waals surface area contributed by atoms with E-state index in [4.69, 9.17) is 0 Å². The predicted molar refractivity (Wildman–Crippen MR) is 60.5 cm³/mol. The van der Waals surface area contributed by atoms with E-state index in [9.17, 15) is 5.11 Å². The highest BCUT2D eigenvalue weighted by Crippen LogP contribution is 2.22. The maximum Gasteiger partial charge on any atom is 0.116 e. The Hall–Kier alpha value is -0.540. The highest BCUT2D eigenvalue weighted by Gasteiger charge is 2.14. The third-order valence-corrected chi connectivity index (χ3v) is 3.04. The third kappa shape index (κ3) is 2.49. The second-order valence-corrected chi connectivity index (χ2v) is 4.73. The van der Waals surface area contributed by atoms with Crippen molar-refractivity contribution in [2.45, 2.75) is 25.3 Å². The molecule has 2 rings (SSSR count). The molecule has 1 aromatic carbocycles. The van der Waals surface area contributed by atoms with E-state index >= 15 is 0 Å². The van der Waals surface area contributed by atoms with Gasteiger partial charge in [0.1, 0.15) is 5.75 Å². The Morgan fingerprint density at radius 3 is 2.93 bits per heavy atom. The van der Waals surface area contributed by atoms with Crippen LogP contribution >= 0.6 is 15.9 Å². The third-order valence-electron chi connectivity index (χ3n) is 2.59. The van der Waals surface area contributed by atoms with Gasteiger partial charge in [-0.1, -0.05) is 15.9 Å². The lowest BCUT2D eigenvalue weighted by Crippen LogP contribution is -2.23. The second-order valence-electron chi connectivity index (χ2n) is 3.82. The van der Waals surface area contributed by atoms with E-state index in [2.05, 4.69) is 27.3 Å². The lowest BCUT2D eigenvalue weighted by molar-refractivity contribution is 0.473. The Bertz CT molecular complexity index is 301. The van der Waals surface area contributed by atoms with Crippen LogP contribution in [0.4, 0.5) is 0 Å². The van der Waals surface area contributed by atoms with Crippen molar-refractivity contribution in [3.8, 4) is 5.75 Å². The molecule has 2 nitrogen and oxygen atoms in total. The molecule has 1 fully saturated rings. The van der Waals surface area contributed by atoms with Crippen LogP contribution in [0.25, 0.3) is 0 Å². The van der Waals surface area contributed by atoms with E-state index in [0.717, 1.165) is 17.4 Å². The van der Waals surface area contributed by atoms with E-state index < -0.39 is 0 Å². The molecular weight excluding hydrogens is 242 g/mol. The quantitative estimate of drug-likeness (QED) is 0.851. The van der Waals surface area contributed by atoms with Gasteiger partial charge < -0.3 is 10.4 Å². The van der Waals surface area contributed by atoms with E-state index in [1.807, 2.05) is 6.07 Å². The summed E-state index contributed by atoms with van der Waals surface area (Å²) in [7, 11) is 0. The van der Waals surface area contributed by atoms with Gasteiger partial charge in [0.15, 0.2) is 0 Å². The van der Waals surface area contributed by atoms with Gasteiger partial charge in [-0.25, -0.2) is 0 Å². The minimum Gasteiger partial charge on any atom is -0.508 e. The van der Waals surface area contributed by atoms with Crippen LogP contribution in [-0.2, 0) is 6.42 Å². The molecule has 0 bridgehead atoms. The number of aromatic hydroxyl groups is 1. The van der Waals surface area contributed by atoms with E-state index in [0.29, 0.717) is 11.8 Å². The zero-order chi connectivity index (χ0) is 9.97. The van der Waals surface area contributed by atoms with E-state index in [1.165, 1.54) is 18.4 Å². The van der Waals surface area contributed by atoms with Crippen LogP contribution in [0.1, 0.15) is 18.4 Å². The van der Waals surface area contributed by atoms with Crippen LogP contribution in [0.15, 0.2) is 22.7 Å². The number of halogens is 1. The first-order valence-electron chi connectivity index (χ1n) is 4.96. The molecule has 3 heteroatoms. The summed E-state index contributed by atoms with van der Waals surface area (Å²) < 4.78 is 0.950. The highest BCUT2D eigenvalue weighted by atomic mass is 79.9. The molecule has 1 aliphatic rings. The smallest absolute Gasteiger partial charge is 0.116 e. The molecule has 0 aliphatic carbocycles. The molecule has 1 heterocycles. The molecule has 1 aromatic rings. The number of phenols is 1. The Morgan fingerprint density at radius 1 is 1.43 bits per heavy atom. The van der Waals surface area contributed by atoms with Gasteiger partial charge in [0.05, 0.1) is 0 Å². The largest absolute Gasteiger partial charge is 0.508 e. The number of phenolic OH excluding ortho intramolecular Hbond substituents is 1. The standard InChI is InChI=1S/C11H14BrNO/c12-9-4-8(6-11(14)7-9)5-10-2-1-3-13-10/h4,6-7,10,13-14H,1-3,5H2.